The molecule has 9 heteroatoms. The molecule has 1 saturated heterocycles. The Morgan fingerprint density at radius 1 is 1.31 bits per heavy atom. The van der Waals surface area contributed by atoms with E-state index in [1.54, 1.807) is 45.9 Å². The molecule has 0 unspecified atom stereocenters. The van der Waals surface area contributed by atoms with Crippen LogP contribution in [0.5, 0.6) is 0 Å². The summed E-state index contributed by atoms with van der Waals surface area (Å²) >= 11 is 0. The van der Waals surface area contributed by atoms with E-state index in [0.717, 1.165) is 5.56 Å². The lowest BCUT2D eigenvalue weighted by atomic mass is 10.1. The van der Waals surface area contributed by atoms with Crippen molar-refractivity contribution >= 4 is 28.8 Å². The maximum atomic E-state index is 13.0. The molecule has 3 rings (SSSR count). The number of nitrogens with zero attached hydrogens (tertiary/aromatic N) is 2. The molecule has 0 spiro atoms. The Labute approximate surface area is 167 Å². The zero-order valence-electron chi connectivity index (χ0n) is 16.9. The number of hydrogen-bond acceptors (Lipinski definition) is 6. The minimum atomic E-state index is -0.759. The Hall–Kier alpha value is -3.23. The van der Waals surface area contributed by atoms with Gasteiger partial charge in [-0.15, -0.1) is 0 Å². The summed E-state index contributed by atoms with van der Waals surface area (Å²) < 4.78 is 6.54. The smallest absolute Gasteiger partial charge is 0.407 e. The van der Waals surface area contributed by atoms with Crippen LogP contribution in [-0.2, 0) is 20.9 Å². The van der Waals surface area contributed by atoms with Crippen molar-refractivity contribution in [3.05, 3.63) is 39.9 Å². The van der Waals surface area contributed by atoms with Gasteiger partial charge in [0.25, 0.3) is 5.56 Å². The number of aryl methyl sites for hydroxylation is 1. The molecule has 1 fully saturated rings. The van der Waals surface area contributed by atoms with Gasteiger partial charge in [0.1, 0.15) is 17.5 Å². The summed E-state index contributed by atoms with van der Waals surface area (Å²) in [6.07, 6.45) is -0.0958. The van der Waals surface area contributed by atoms with Crippen LogP contribution >= 0.6 is 0 Å². The molecule has 154 valence electrons. The number of carbonyl (C=O) groups excluding carboxylic acids is 3. The number of alkyl carbamates (subject to hydrolysis) is 1. The largest absolute Gasteiger partial charge is 0.444 e. The van der Waals surface area contributed by atoms with Gasteiger partial charge >= 0.3 is 6.09 Å². The van der Waals surface area contributed by atoms with E-state index in [2.05, 4.69) is 15.6 Å². The number of imide groups is 1. The van der Waals surface area contributed by atoms with Gasteiger partial charge in [-0.1, -0.05) is 6.07 Å². The lowest BCUT2D eigenvalue weighted by Gasteiger charge is -2.24. The Morgan fingerprint density at radius 3 is 2.69 bits per heavy atom. The summed E-state index contributed by atoms with van der Waals surface area (Å²) in [5.74, 6) is -0.451. The fourth-order valence-electron chi connectivity index (χ4n) is 3.25. The van der Waals surface area contributed by atoms with Crippen molar-refractivity contribution in [1.29, 1.82) is 0 Å². The molecule has 0 saturated carbocycles. The highest BCUT2D eigenvalue weighted by atomic mass is 16.6. The van der Waals surface area contributed by atoms with Crippen LogP contribution in [0.2, 0.25) is 0 Å². The summed E-state index contributed by atoms with van der Waals surface area (Å²) in [5.41, 5.74) is 0.300. The first kappa shape index (κ1) is 20.5. The van der Waals surface area contributed by atoms with Crippen molar-refractivity contribution in [1.82, 2.24) is 20.2 Å². The molecule has 2 heterocycles. The summed E-state index contributed by atoms with van der Waals surface area (Å²) in [7, 11) is 0. The number of amides is 3. The number of rotatable bonds is 3. The molecule has 29 heavy (non-hydrogen) atoms. The Balaban J connectivity index is 1.86. The molecule has 3 amide bonds. The topological polar surface area (TPSA) is 119 Å². The zero-order chi connectivity index (χ0) is 21.3. The van der Waals surface area contributed by atoms with Crippen molar-refractivity contribution in [2.45, 2.75) is 58.7 Å². The fraction of sp³-hybridized carbons (Fsp3) is 0.450. The molecule has 1 aliphatic rings. The van der Waals surface area contributed by atoms with Crippen LogP contribution in [0.3, 0.4) is 0 Å². The van der Waals surface area contributed by atoms with Gasteiger partial charge in [0, 0.05) is 13.0 Å². The Morgan fingerprint density at radius 2 is 2.03 bits per heavy atom. The van der Waals surface area contributed by atoms with E-state index in [0.29, 0.717) is 16.7 Å². The molecule has 1 aromatic heterocycles. The highest BCUT2D eigenvalue weighted by molar-refractivity contribution is 5.99. The van der Waals surface area contributed by atoms with Gasteiger partial charge in [-0.25, -0.2) is 9.78 Å². The van der Waals surface area contributed by atoms with Gasteiger partial charge in [-0.2, -0.15) is 0 Å². The van der Waals surface area contributed by atoms with Crippen LogP contribution in [0.25, 0.3) is 10.9 Å². The highest BCUT2D eigenvalue weighted by Crippen LogP contribution is 2.20. The molecule has 2 N–H and O–H groups in total. The molecule has 0 radical (unpaired) electrons. The quantitative estimate of drug-likeness (QED) is 0.757. The van der Waals surface area contributed by atoms with Crippen LogP contribution in [0, 0.1) is 6.92 Å². The zero-order valence-corrected chi connectivity index (χ0v) is 16.9. The van der Waals surface area contributed by atoms with E-state index in [1.807, 2.05) is 0 Å². The molecular weight excluding hydrogens is 376 g/mol. The van der Waals surface area contributed by atoms with Gasteiger partial charge in [0.15, 0.2) is 0 Å². The molecule has 9 nitrogen and oxygen atoms in total. The first-order valence-corrected chi connectivity index (χ1v) is 9.37. The molecule has 1 aliphatic heterocycles. The van der Waals surface area contributed by atoms with Crippen molar-refractivity contribution in [2.75, 3.05) is 0 Å². The molecule has 0 aliphatic carbocycles. The predicted molar refractivity (Wildman–Crippen MR) is 105 cm³/mol. The van der Waals surface area contributed by atoms with Crippen molar-refractivity contribution in [2.24, 2.45) is 0 Å². The Bertz CT molecular complexity index is 1050. The normalized spacial score (nSPS) is 17.2. The fourth-order valence-corrected chi connectivity index (χ4v) is 3.25. The first-order valence-electron chi connectivity index (χ1n) is 9.37. The monoisotopic (exact) mass is 400 g/mol. The van der Waals surface area contributed by atoms with Crippen LogP contribution in [0.15, 0.2) is 23.0 Å². The molecule has 1 atom stereocenters. The molecule has 0 bridgehead atoms. The SMILES string of the molecule is Cc1nc2cc(CNC(=O)OC(C)(C)C)ccc2c(=O)n1[C@@H]1CCC(=O)NC1=O. The van der Waals surface area contributed by atoms with Gasteiger partial charge in [0.05, 0.1) is 10.9 Å². The van der Waals surface area contributed by atoms with E-state index in [1.165, 1.54) is 4.57 Å². The number of fused-ring (bicyclic) bond motifs is 1. The second-order valence-corrected chi connectivity index (χ2v) is 8.01. The van der Waals surface area contributed by atoms with E-state index in [-0.39, 0.29) is 30.9 Å². The van der Waals surface area contributed by atoms with Crippen molar-refractivity contribution in [3.8, 4) is 0 Å². The summed E-state index contributed by atoms with van der Waals surface area (Å²) in [6, 6.07) is 4.30. The molecule has 1 aromatic carbocycles. The number of aromatic nitrogens is 2. The standard InChI is InChI=1S/C20H24N4O5/c1-11-22-14-9-12(10-21-19(28)29-20(2,3)4)5-6-13(14)18(27)24(11)15-7-8-16(25)23-17(15)26/h5-6,9,15H,7-8,10H2,1-4H3,(H,21,28)(H,23,25,26)/t15-/m1/s1. The third-order valence-corrected chi connectivity index (χ3v) is 4.50. The van der Waals surface area contributed by atoms with Crippen LogP contribution < -0.4 is 16.2 Å². The number of ether oxygens (including phenoxy) is 1. The lowest BCUT2D eigenvalue weighted by molar-refractivity contribution is -0.135. The third-order valence-electron chi connectivity index (χ3n) is 4.50. The summed E-state index contributed by atoms with van der Waals surface area (Å²) in [4.78, 5) is 52.8. The number of piperidine rings is 1. The summed E-state index contributed by atoms with van der Waals surface area (Å²) in [5, 5.41) is 5.29. The minimum Gasteiger partial charge on any atom is -0.444 e. The Kier molecular flexibility index (Phi) is 5.41. The van der Waals surface area contributed by atoms with Crippen LogP contribution in [-0.4, -0.2) is 33.1 Å². The van der Waals surface area contributed by atoms with Gasteiger partial charge in [-0.3, -0.25) is 24.3 Å². The van der Waals surface area contributed by atoms with E-state index < -0.39 is 23.6 Å². The van der Waals surface area contributed by atoms with E-state index >= 15 is 0 Å². The lowest BCUT2D eigenvalue weighted by Crippen LogP contribution is -2.45. The highest BCUT2D eigenvalue weighted by Gasteiger charge is 2.30. The second-order valence-electron chi connectivity index (χ2n) is 8.01. The first-order chi connectivity index (χ1) is 13.5. The second kappa shape index (κ2) is 7.65. The minimum absolute atomic E-state index is 0.176. The summed E-state index contributed by atoms with van der Waals surface area (Å²) in [6.45, 7) is 7.21. The average molecular weight is 400 g/mol. The van der Waals surface area contributed by atoms with Crippen molar-refractivity contribution < 1.29 is 19.1 Å². The predicted octanol–water partition coefficient (Wildman–Crippen LogP) is 1.71. The van der Waals surface area contributed by atoms with Gasteiger partial charge in [0.2, 0.25) is 11.8 Å². The maximum absolute atomic E-state index is 13.0. The van der Waals surface area contributed by atoms with E-state index in [4.69, 9.17) is 4.74 Å². The third kappa shape index (κ3) is 4.61. The van der Waals surface area contributed by atoms with Crippen LogP contribution in [0.4, 0.5) is 4.79 Å². The number of nitrogens with one attached hydrogen (secondary N) is 2. The number of hydrogen-bond donors (Lipinski definition) is 2. The van der Waals surface area contributed by atoms with Gasteiger partial charge < -0.3 is 10.1 Å². The maximum Gasteiger partial charge on any atom is 0.407 e. The van der Waals surface area contributed by atoms with Crippen molar-refractivity contribution in [3.63, 3.8) is 0 Å². The molecule has 2 aromatic rings. The van der Waals surface area contributed by atoms with Crippen LogP contribution in [0.1, 0.15) is 51.0 Å². The van der Waals surface area contributed by atoms with Gasteiger partial charge in [-0.05, 0) is 51.8 Å². The average Bonchev–Trinajstić information content (AvgIpc) is 2.60. The van der Waals surface area contributed by atoms with E-state index in [9.17, 15) is 19.2 Å². The number of benzene rings is 1. The molecular formula is C20H24N4O5. The number of carbonyl (C=O) groups is 3.